The SMILES string of the molecule is CC(C)(C)C1CCC(CBr)(OC2CCCCCC2)CC1. The average Bonchev–Trinajstić information content (AvgIpc) is 2.67. The van der Waals surface area contributed by atoms with E-state index in [0.717, 1.165) is 11.2 Å². The summed E-state index contributed by atoms with van der Waals surface area (Å²) in [4.78, 5) is 0. The molecule has 0 spiro atoms. The van der Waals surface area contributed by atoms with Gasteiger partial charge in [-0.15, -0.1) is 0 Å². The predicted octanol–water partition coefficient (Wildman–Crippen LogP) is 6.10. The van der Waals surface area contributed by atoms with E-state index in [4.69, 9.17) is 4.74 Å². The molecule has 0 aromatic carbocycles. The van der Waals surface area contributed by atoms with E-state index in [1.54, 1.807) is 0 Å². The zero-order valence-corrected chi connectivity index (χ0v) is 15.3. The Labute approximate surface area is 134 Å². The van der Waals surface area contributed by atoms with Gasteiger partial charge in [-0.3, -0.25) is 0 Å². The number of halogens is 1. The van der Waals surface area contributed by atoms with Crippen LogP contribution in [0.3, 0.4) is 0 Å². The molecule has 0 heterocycles. The van der Waals surface area contributed by atoms with Crippen LogP contribution in [0.4, 0.5) is 0 Å². The van der Waals surface area contributed by atoms with E-state index in [-0.39, 0.29) is 5.60 Å². The second-order valence-corrected chi connectivity index (χ2v) is 8.75. The molecule has 20 heavy (non-hydrogen) atoms. The first kappa shape index (κ1) is 16.8. The maximum atomic E-state index is 6.66. The van der Waals surface area contributed by atoms with E-state index in [1.165, 1.54) is 64.2 Å². The van der Waals surface area contributed by atoms with Crippen molar-refractivity contribution < 1.29 is 4.74 Å². The fourth-order valence-corrected chi connectivity index (χ4v) is 4.70. The Morgan fingerprint density at radius 1 is 0.950 bits per heavy atom. The van der Waals surface area contributed by atoms with Crippen LogP contribution >= 0.6 is 15.9 Å². The molecule has 0 aromatic heterocycles. The van der Waals surface area contributed by atoms with E-state index >= 15 is 0 Å². The van der Waals surface area contributed by atoms with Crippen LogP contribution < -0.4 is 0 Å². The molecular formula is C18H33BrO. The fraction of sp³-hybridized carbons (Fsp3) is 1.00. The lowest BCUT2D eigenvalue weighted by atomic mass is 9.68. The Kier molecular flexibility index (Phi) is 5.99. The third-order valence-electron chi connectivity index (χ3n) is 5.58. The standard InChI is InChI=1S/C18H33BrO/c1-17(2,3)15-10-12-18(14-19,13-11-15)20-16-8-6-4-5-7-9-16/h15-16H,4-14H2,1-3H3. The van der Waals surface area contributed by atoms with Gasteiger partial charge in [-0.25, -0.2) is 0 Å². The Morgan fingerprint density at radius 3 is 1.95 bits per heavy atom. The van der Waals surface area contributed by atoms with Gasteiger partial charge >= 0.3 is 0 Å². The van der Waals surface area contributed by atoms with Gasteiger partial charge in [-0.1, -0.05) is 62.4 Å². The molecule has 0 radical (unpaired) electrons. The average molecular weight is 345 g/mol. The fourth-order valence-electron chi connectivity index (χ4n) is 4.01. The Balaban J connectivity index is 1.90. The topological polar surface area (TPSA) is 9.23 Å². The first-order chi connectivity index (χ1) is 9.45. The summed E-state index contributed by atoms with van der Waals surface area (Å²) in [6, 6.07) is 0. The highest BCUT2D eigenvalue weighted by Crippen LogP contribution is 2.44. The van der Waals surface area contributed by atoms with Gasteiger partial charge in [0.2, 0.25) is 0 Å². The van der Waals surface area contributed by atoms with E-state index in [0.29, 0.717) is 11.5 Å². The molecule has 1 nitrogen and oxygen atoms in total. The summed E-state index contributed by atoms with van der Waals surface area (Å²) in [5, 5.41) is 1.02. The highest BCUT2D eigenvalue weighted by Gasteiger charge is 2.40. The number of hydrogen-bond acceptors (Lipinski definition) is 1. The van der Waals surface area contributed by atoms with Gasteiger partial charge < -0.3 is 4.74 Å². The third-order valence-corrected chi connectivity index (χ3v) is 6.61. The predicted molar refractivity (Wildman–Crippen MR) is 90.5 cm³/mol. The molecule has 2 rings (SSSR count). The maximum Gasteiger partial charge on any atom is 0.0782 e. The summed E-state index contributed by atoms with van der Waals surface area (Å²) < 4.78 is 6.66. The van der Waals surface area contributed by atoms with E-state index in [9.17, 15) is 0 Å². The Bertz CT molecular complexity index is 278. The lowest BCUT2D eigenvalue weighted by molar-refractivity contribution is -0.114. The van der Waals surface area contributed by atoms with Crippen molar-refractivity contribution in [3.05, 3.63) is 0 Å². The van der Waals surface area contributed by atoms with Crippen LogP contribution in [-0.4, -0.2) is 17.0 Å². The van der Waals surface area contributed by atoms with E-state index in [1.807, 2.05) is 0 Å². The number of ether oxygens (including phenoxy) is 1. The summed E-state index contributed by atoms with van der Waals surface area (Å²) in [5.41, 5.74) is 0.595. The van der Waals surface area contributed by atoms with Crippen LogP contribution in [0.25, 0.3) is 0 Å². The quantitative estimate of drug-likeness (QED) is 0.444. The first-order valence-electron chi connectivity index (χ1n) is 8.69. The molecule has 0 aromatic rings. The monoisotopic (exact) mass is 344 g/mol. The van der Waals surface area contributed by atoms with Gasteiger partial charge in [-0.2, -0.15) is 0 Å². The van der Waals surface area contributed by atoms with E-state index < -0.39 is 0 Å². The van der Waals surface area contributed by atoms with Crippen molar-refractivity contribution in [3.63, 3.8) is 0 Å². The third kappa shape index (κ3) is 4.47. The molecule has 0 unspecified atom stereocenters. The van der Waals surface area contributed by atoms with Crippen molar-refractivity contribution in [2.24, 2.45) is 11.3 Å². The minimum absolute atomic E-state index is 0.136. The minimum atomic E-state index is 0.136. The van der Waals surface area contributed by atoms with Crippen LogP contribution in [0.2, 0.25) is 0 Å². The summed E-state index contributed by atoms with van der Waals surface area (Å²) in [6.07, 6.45) is 13.8. The van der Waals surface area contributed by atoms with Crippen molar-refractivity contribution in [1.82, 2.24) is 0 Å². The Hall–Kier alpha value is 0.440. The molecule has 0 bridgehead atoms. The zero-order chi connectivity index (χ0) is 14.6. The van der Waals surface area contributed by atoms with Crippen molar-refractivity contribution in [2.75, 3.05) is 5.33 Å². The molecule has 2 aliphatic carbocycles. The molecule has 2 fully saturated rings. The zero-order valence-electron chi connectivity index (χ0n) is 13.7. The molecular weight excluding hydrogens is 312 g/mol. The Morgan fingerprint density at radius 2 is 1.50 bits per heavy atom. The second kappa shape index (κ2) is 7.13. The van der Waals surface area contributed by atoms with Gasteiger partial charge in [0.15, 0.2) is 0 Å². The van der Waals surface area contributed by atoms with Gasteiger partial charge in [-0.05, 0) is 49.9 Å². The summed E-state index contributed by atoms with van der Waals surface area (Å²) >= 11 is 3.76. The van der Waals surface area contributed by atoms with E-state index in [2.05, 4.69) is 36.7 Å². The molecule has 0 saturated heterocycles. The molecule has 2 aliphatic rings. The normalized spacial score (nSPS) is 33.9. The van der Waals surface area contributed by atoms with Gasteiger partial charge in [0.25, 0.3) is 0 Å². The molecule has 0 amide bonds. The summed E-state index contributed by atoms with van der Waals surface area (Å²) in [5.74, 6) is 0.868. The second-order valence-electron chi connectivity index (χ2n) is 8.19. The van der Waals surface area contributed by atoms with Crippen LogP contribution in [0.5, 0.6) is 0 Å². The lowest BCUT2D eigenvalue weighted by Gasteiger charge is -2.44. The minimum Gasteiger partial charge on any atom is -0.371 e. The van der Waals surface area contributed by atoms with Crippen LogP contribution in [0, 0.1) is 11.3 Å². The van der Waals surface area contributed by atoms with Gasteiger partial charge in [0.05, 0.1) is 11.7 Å². The van der Waals surface area contributed by atoms with Crippen molar-refractivity contribution in [1.29, 1.82) is 0 Å². The highest BCUT2D eigenvalue weighted by molar-refractivity contribution is 9.09. The molecule has 0 N–H and O–H groups in total. The first-order valence-corrected chi connectivity index (χ1v) is 9.81. The molecule has 2 heteroatoms. The molecule has 0 aliphatic heterocycles. The maximum absolute atomic E-state index is 6.66. The van der Waals surface area contributed by atoms with Crippen molar-refractivity contribution >= 4 is 15.9 Å². The van der Waals surface area contributed by atoms with Gasteiger partial charge in [0.1, 0.15) is 0 Å². The molecule has 0 atom stereocenters. The van der Waals surface area contributed by atoms with Crippen molar-refractivity contribution in [3.8, 4) is 0 Å². The van der Waals surface area contributed by atoms with Crippen LogP contribution in [0.1, 0.15) is 85.0 Å². The summed E-state index contributed by atoms with van der Waals surface area (Å²) in [7, 11) is 0. The number of rotatable bonds is 3. The van der Waals surface area contributed by atoms with Crippen molar-refractivity contribution in [2.45, 2.75) is 96.7 Å². The number of alkyl halides is 1. The van der Waals surface area contributed by atoms with Crippen LogP contribution in [-0.2, 0) is 4.74 Å². The lowest BCUT2D eigenvalue weighted by Crippen LogP contribution is -2.43. The largest absolute Gasteiger partial charge is 0.371 e. The van der Waals surface area contributed by atoms with Gasteiger partial charge in [0, 0.05) is 5.33 Å². The number of hydrogen-bond donors (Lipinski definition) is 0. The highest BCUT2D eigenvalue weighted by atomic mass is 79.9. The molecule has 2 saturated carbocycles. The molecule has 118 valence electrons. The summed E-state index contributed by atoms with van der Waals surface area (Å²) in [6.45, 7) is 7.18. The smallest absolute Gasteiger partial charge is 0.0782 e. The van der Waals surface area contributed by atoms with Crippen LogP contribution in [0.15, 0.2) is 0 Å².